The maximum atomic E-state index is 12.1. The SMILES string of the molecule is COc1ccc(NC(=O)CCN(c2cccc(C)c2)S(C)(=O)=O)cc1. The zero-order valence-electron chi connectivity index (χ0n) is 14.5. The molecule has 25 heavy (non-hydrogen) atoms. The molecule has 0 aliphatic rings. The Kier molecular flexibility index (Phi) is 6.03. The van der Waals surface area contributed by atoms with Crippen LogP contribution >= 0.6 is 0 Å². The van der Waals surface area contributed by atoms with E-state index in [1.807, 2.05) is 13.0 Å². The van der Waals surface area contributed by atoms with Crippen LogP contribution < -0.4 is 14.4 Å². The molecule has 2 aromatic rings. The van der Waals surface area contributed by atoms with E-state index < -0.39 is 10.0 Å². The van der Waals surface area contributed by atoms with Gasteiger partial charge in [0.05, 0.1) is 19.1 Å². The van der Waals surface area contributed by atoms with Crippen LogP contribution in [0.15, 0.2) is 48.5 Å². The zero-order valence-corrected chi connectivity index (χ0v) is 15.3. The highest BCUT2D eigenvalue weighted by Crippen LogP contribution is 2.20. The number of nitrogens with zero attached hydrogens (tertiary/aromatic N) is 1. The lowest BCUT2D eigenvalue weighted by atomic mass is 10.2. The lowest BCUT2D eigenvalue weighted by Crippen LogP contribution is -2.33. The molecule has 0 unspecified atom stereocenters. The van der Waals surface area contributed by atoms with Crippen molar-refractivity contribution in [2.75, 3.05) is 29.5 Å². The maximum absolute atomic E-state index is 12.1. The van der Waals surface area contributed by atoms with Gasteiger partial charge in [-0.2, -0.15) is 0 Å². The molecule has 0 heterocycles. The predicted molar refractivity (Wildman–Crippen MR) is 99.6 cm³/mol. The largest absolute Gasteiger partial charge is 0.497 e. The van der Waals surface area contributed by atoms with Gasteiger partial charge in [-0.3, -0.25) is 9.10 Å². The fourth-order valence-electron chi connectivity index (χ4n) is 2.37. The van der Waals surface area contributed by atoms with Crippen molar-refractivity contribution in [3.8, 4) is 5.75 Å². The highest BCUT2D eigenvalue weighted by atomic mass is 32.2. The summed E-state index contributed by atoms with van der Waals surface area (Å²) in [5.41, 5.74) is 2.14. The van der Waals surface area contributed by atoms with E-state index in [4.69, 9.17) is 4.74 Å². The van der Waals surface area contributed by atoms with E-state index >= 15 is 0 Å². The molecule has 0 fully saturated rings. The van der Waals surface area contributed by atoms with Gasteiger partial charge in [-0.05, 0) is 48.9 Å². The molecule has 0 aliphatic carbocycles. The summed E-state index contributed by atoms with van der Waals surface area (Å²) in [5.74, 6) is 0.437. The maximum Gasteiger partial charge on any atom is 0.232 e. The quantitative estimate of drug-likeness (QED) is 0.822. The van der Waals surface area contributed by atoms with E-state index in [1.165, 1.54) is 4.31 Å². The molecular formula is C18H22N2O4S. The van der Waals surface area contributed by atoms with Crippen LogP contribution in [0.25, 0.3) is 0 Å². The van der Waals surface area contributed by atoms with Crippen molar-refractivity contribution in [2.24, 2.45) is 0 Å². The van der Waals surface area contributed by atoms with Gasteiger partial charge in [0.1, 0.15) is 5.75 Å². The Hall–Kier alpha value is -2.54. The fraction of sp³-hybridized carbons (Fsp3) is 0.278. The average Bonchev–Trinajstić information content (AvgIpc) is 2.54. The highest BCUT2D eigenvalue weighted by molar-refractivity contribution is 7.92. The molecule has 7 heteroatoms. The molecule has 0 bridgehead atoms. The predicted octanol–water partition coefficient (Wildman–Crippen LogP) is 2.80. The number of nitrogens with one attached hydrogen (secondary N) is 1. The first-order valence-corrected chi connectivity index (χ1v) is 9.63. The van der Waals surface area contributed by atoms with Crippen molar-refractivity contribution in [3.05, 3.63) is 54.1 Å². The topological polar surface area (TPSA) is 75.7 Å². The van der Waals surface area contributed by atoms with Gasteiger partial charge in [0.25, 0.3) is 0 Å². The number of anilines is 2. The van der Waals surface area contributed by atoms with E-state index in [0.29, 0.717) is 17.1 Å². The third kappa shape index (κ3) is 5.49. The first-order chi connectivity index (χ1) is 11.8. The minimum Gasteiger partial charge on any atom is -0.497 e. The van der Waals surface area contributed by atoms with Crippen molar-refractivity contribution in [2.45, 2.75) is 13.3 Å². The Bertz CT molecular complexity index is 832. The lowest BCUT2D eigenvalue weighted by Gasteiger charge is -2.22. The second-order valence-corrected chi connectivity index (χ2v) is 7.61. The molecule has 0 aliphatic heterocycles. The second-order valence-electron chi connectivity index (χ2n) is 5.70. The molecule has 2 rings (SSSR count). The molecular weight excluding hydrogens is 340 g/mol. The summed E-state index contributed by atoms with van der Waals surface area (Å²) in [6, 6.07) is 14.1. The van der Waals surface area contributed by atoms with Crippen LogP contribution in [0, 0.1) is 6.92 Å². The number of methoxy groups -OCH3 is 1. The van der Waals surface area contributed by atoms with E-state index in [-0.39, 0.29) is 18.9 Å². The molecule has 0 aromatic heterocycles. The number of hydrogen-bond acceptors (Lipinski definition) is 4. The Morgan fingerprint density at radius 1 is 1.16 bits per heavy atom. The molecule has 0 radical (unpaired) electrons. The first-order valence-electron chi connectivity index (χ1n) is 7.78. The van der Waals surface area contributed by atoms with Gasteiger partial charge in [0.2, 0.25) is 15.9 Å². The average molecular weight is 362 g/mol. The van der Waals surface area contributed by atoms with Crippen LogP contribution in [0.3, 0.4) is 0 Å². The van der Waals surface area contributed by atoms with Crippen molar-refractivity contribution >= 4 is 27.3 Å². The normalized spacial score (nSPS) is 11.0. The minimum atomic E-state index is -3.48. The third-order valence-corrected chi connectivity index (χ3v) is 4.80. The van der Waals surface area contributed by atoms with Gasteiger partial charge < -0.3 is 10.1 Å². The van der Waals surface area contributed by atoms with Crippen LogP contribution in [0.1, 0.15) is 12.0 Å². The molecule has 6 nitrogen and oxygen atoms in total. The van der Waals surface area contributed by atoms with Gasteiger partial charge in [0, 0.05) is 18.7 Å². The first kappa shape index (κ1) is 18.8. The molecule has 0 saturated heterocycles. The summed E-state index contributed by atoms with van der Waals surface area (Å²) in [4.78, 5) is 12.1. The number of carbonyl (C=O) groups is 1. The second kappa shape index (κ2) is 8.02. The number of amides is 1. The lowest BCUT2D eigenvalue weighted by molar-refractivity contribution is -0.116. The van der Waals surface area contributed by atoms with E-state index in [9.17, 15) is 13.2 Å². The summed E-state index contributed by atoms with van der Waals surface area (Å²) in [7, 11) is -1.91. The van der Waals surface area contributed by atoms with Crippen molar-refractivity contribution in [3.63, 3.8) is 0 Å². The van der Waals surface area contributed by atoms with Crippen molar-refractivity contribution in [1.29, 1.82) is 0 Å². The molecule has 2 aromatic carbocycles. The molecule has 1 amide bonds. The number of rotatable bonds is 7. The Balaban J connectivity index is 2.03. The Labute approximate surface area is 148 Å². The summed E-state index contributed by atoms with van der Waals surface area (Å²) in [6.07, 6.45) is 1.18. The van der Waals surface area contributed by atoms with Gasteiger partial charge in [0.15, 0.2) is 0 Å². The smallest absolute Gasteiger partial charge is 0.232 e. The van der Waals surface area contributed by atoms with E-state index in [0.717, 1.165) is 11.8 Å². The number of aryl methyl sites for hydroxylation is 1. The molecule has 1 N–H and O–H groups in total. The van der Waals surface area contributed by atoms with Gasteiger partial charge in [-0.25, -0.2) is 8.42 Å². The van der Waals surface area contributed by atoms with Crippen molar-refractivity contribution < 1.29 is 17.9 Å². The van der Waals surface area contributed by atoms with Crippen LogP contribution in [-0.2, 0) is 14.8 Å². The fourth-order valence-corrected chi connectivity index (χ4v) is 3.29. The molecule has 0 saturated carbocycles. The minimum absolute atomic E-state index is 0.0487. The molecule has 0 atom stereocenters. The molecule has 0 spiro atoms. The zero-order chi connectivity index (χ0) is 18.4. The summed E-state index contributed by atoms with van der Waals surface area (Å²) in [6.45, 7) is 1.96. The third-order valence-electron chi connectivity index (χ3n) is 3.61. The Morgan fingerprint density at radius 2 is 1.84 bits per heavy atom. The van der Waals surface area contributed by atoms with Gasteiger partial charge >= 0.3 is 0 Å². The van der Waals surface area contributed by atoms with Crippen LogP contribution in [0.5, 0.6) is 5.75 Å². The van der Waals surface area contributed by atoms with E-state index in [2.05, 4.69) is 5.32 Å². The van der Waals surface area contributed by atoms with Gasteiger partial charge in [-0.15, -0.1) is 0 Å². The summed E-state index contributed by atoms with van der Waals surface area (Å²) >= 11 is 0. The standard InChI is InChI=1S/C18H22N2O4S/c1-14-5-4-6-16(13-14)20(25(3,22)23)12-11-18(21)19-15-7-9-17(24-2)10-8-15/h4-10,13H,11-12H2,1-3H3,(H,19,21). The van der Waals surface area contributed by atoms with Crippen LogP contribution in [-0.4, -0.2) is 34.2 Å². The highest BCUT2D eigenvalue weighted by Gasteiger charge is 2.18. The number of ether oxygens (including phenoxy) is 1. The summed E-state index contributed by atoms with van der Waals surface area (Å²) in [5, 5.41) is 2.75. The number of sulfonamides is 1. The molecule has 134 valence electrons. The van der Waals surface area contributed by atoms with E-state index in [1.54, 1.807) is 49.6 Å². The number of hydrogen-bond donors (Lipinski definition) is 1. The number of carbonyl (C=O) groups excluding carboxylic acids is 1. The monoisotopic (exact) mass is 362 g/mol. The van der Waals surface area contributed by atoms with Crippen molar-refractivity contribution in [1.82, 2.24) is 0 Å². The van der Waals surface area contributed by atoms with Crippen LogP contribution in [0.2, 0.25) is 0 Å². The van der Waals surface area contributed by atoms with Crippen LogP contribution in [0.4, 0.5) is 11.4 Å². The number of benzene rings is 2. The van der Waals surface area contributed by atoms with Gasteiger partial charge in [-0.1, -0.05) is 12.1 Å². The summed E-state index contributed by atoms with van der Waals surface area (Å²) < 4.78 is 30.4. The Morgan fingerprint density at radius 3 is 2.40 bits per heavy atom.